The smallest absolute Gasteiger partial charge is 0.312 e. The lowest BCUT2D eigenvalue weighted by molar-refractivity contribution is 0.219. The fraction of sp³-hybridized carbons (Fsp3) is 0.200. The van der Waals surface area contributed by atoms with Gasteiger partial charge in [0.05, 0.1) is 0 Å². The molecule has 4 N–H and O–H groups in total. The molecule has 1 unspecified atom stereocenters. The Morgan fingerprint density at radius 3 is 2.80 bits per heavy atom. The van der Waals surface area contributed by atoms with Crippen molar-refractivity contribution in [3.8, 4) is 0 Å². The SMILES string of the molecule is NC(=O)NCCc1cccc(C(O)c2cccnc2)c1. The van der Waals surface area contributed by atoms with Gasteiger partial charge in [0.2, 0.25) is 0 Å². The average molecular weight is 271 g/mol. The van der Waals surface area contributed by atoms with Crippen LogP contribution in [0.2, 0.25) is 0 Å². The summed E-state index contributed by atoms with van der Waals surface area (Å²) in [5.41, 5.74) is 7.59. The number of hydrogen-bond donors (Lipinski definition) is 3. The molecule has 0 aliphatic heterocycles. The predicted molar refractivity (Wildman–Crippen MR) is 76.0 cm³/mol. The third kappa shape index (κ3) is 3.80. The second kappa shape index (κ2) is 6.68. The van der Waals surface area contributed by atoms with Crippen LogP contribution in [0, 0.1) is 0 Å². The molecule has 0 bridgehead atoms. The molecule has 1 atom stereocenters. The molecule has 0 aliphatic rings. The van der Waals surface area contributed by atoms with E-state index in [4.69, 9.17) is 5.73 Å². The first-order chi connectivity index (χ1) is 9.66. The molecule has 0 spiro atoms. The van der Waals surface area contributed by atoms with E-state index in [1.807, 2.05) is 30.3 Å². The van der Waals surface area contributed by atoms with Gasteiger partial charge < -0.3 is 16.2 Å². The standard InChI is InChI=1S/C15H17N3O2/c16-15(20)18-8-6-11-3-1-4-12(9-11)14(19)13-5-2-7-17-10-13/h1-5,7,9-10,14,19H,6,8H2,(H3,16,18,20). The van der Waals surface area contributed by atoms with Crippen LogP contribution < -0.4 is 11.1 Å². The van der Waals surface area contributed by atoms with Crippen LogP contribution in [0.25, 0.3) is 0 Å². The summed E-state index contributed by atoms with van der Waals surface area (Å²) in [4.78, 5) is 14.6. The molecule has 0 saturated carbocycles. The van der Waals surface area contributed by atoms with Crippen molar-refractivity contribution in [2.24, 2.45) is 5.73 Å². The zero-order valence-electron chi connectivity index (χ0n) is 11.0. The Bertz CT molecular complexity index is 572. The number of urea groups is 1. The van der Waals surface area contributed by atoms with Crippen molar-refractivity contribution in [3.63, 3.8) is 0 Å². The maximum Gasteiger partial charge on any atom is 0.312 e. The minimum Gasteiger partial charge on any atom is -0.384 e. The fourth-order valence-corrected chi connectivity index (χ4v) is 1.98. The van der Waals surface area contributed by atoms with Crippen LogP contribution in [0.3, 0.4) is 0 Å². The summed E-state index contributed by atoms with van der Waals surface area (Å²) in [5, 5.41) is 12.8. The third-order valence-electron chi connectivity index (χ3n) is 2.98. The van der Waals surface area contributed by atoms with Crippen molar-refractivity contribution in [1.82, 2.24) is 10.3 Å². The molecule has 1 heterocycles. The molecule has 20 heavy (non-hydrogen) atoms. The Kier molecular flexibility index (Phi) is 4.68. The van der Waals surface area contributed by atoms with E-state index in [2.05, 4.69) is 10.3 Å². The van der Waals surface area contributed by atoms with Gasteiger partial charge in [-0.05, 0) is 23.6 Å². The number of aliphatic hydroxyl groups is 1. The van der Waals surface area contributed by atoms with Crippen molar-refractivity contribution >= 4 is 6.03 Å². The van der Waals surface area contributed by atoms with Crippen molar-refractivity contribution < 1.29 is 9.90 Å². The molecule has 0 aliphatic carbocycles. The molecule has 1 aromatic carbocycles. The van der Waals surface area contributed by atoms with Gasteiger partial charge >= 0.3 is 6.03 Å². The van der Waals surface area contributed by atoms with Gasteiger partial charge in [0.15, 0.2) is 0 Å². The van der Waals surface area contributed by atoms with Gasteiger partial charge in [0.1, 0.15) is 6.10 Å². The molecular formula is C15H17N3O2. The molecule has 0 fully saturated rings. The number of hydrogen-bond acceptors (Lipinski definition) is 3. The van der Waals surface area contributed by atoms with Crippen molar-refractivity contribution in [2.45, 2.75) is 12.5 Å². The molecule has 2 rings (SSSR count). The van der Waals surface area contributed by atoms with Crippen LogP contribution in [0.15, 0.2) is 48.8 Å². The maximum atomic E-state index is 10.6. The second-order valence-corrected chi connectivity index (χ2v) is 4.47. The van der Waals surface area contributed by atoms with Crippen molar-refractivity contribution in [3.05, 3.63) is 65.5 Å². The molecular weight excluding hydrogens is 254 g/mol. The van der Waals surface area contributed by atoms with Gasteiger partial charge in [0.25, 0.3) is 0 Å². The summed E-state index contributed by atoms with van der Waals surface area (Å²) in [5.74, 6) is 0. The van der Waals surface area contributed by atoms with Crippen molar-refractivity contribution in [2.75, 3.05) is 6.54 Å². The number of pyridine rings is 1. The van der Waals surface area contributed by atoms with Gasteiger partial charge in [-0.1, -0.05) is 30.3 Å². The number of nitrogens with two attached hydrogens (primary N) is 1. The highest BCUT2D eigenvalue weighted by Crippen LogP contribution is 2.21. The average Bonchev–Trinajstić information content (AvgIpc) is 2.47. The molecule has 5 nitrogen and oxygen atoms in total. The number of nitrogens with one attached hydrogen (secondary N) is 1. The van der Waals surface area contributed by atoms with E-state index < -0.39 is 12.1 Å². The number of aliphatic hydroxyl groups excluding tert-OH is 1. The van der Waals surface area contributed by atoms with Crippen LogP contribution in [0.1, 0.15) is 22.8 Å². The first-order valence-electron chi connectivity index (χ1n) is 6.37. The summed E-state index contributed by atoms with van der Waals surface area (Å²) >= 11 is 0. The predicted octanol–water partition coefficient (Wildman–Crippen LogP) is 1.37. The van der Waals surface area contributed by atoms with Crippen LogP contribution >= 0.6 is 0 Å². The summed E-state index contributed by atoms with van der Waals surface area (Å²) in [6.45, 7) is 0.474. The number of nitrogens with zero attached hydrogens (tertiary/aromatic N) is 1. The highest BCUT2D eigenvalue weighted by Gasteiger charge is 2.10. The highest BCUT2D eigenvalue weighted by atomic mass is 16.3. The number of amides is 2. The minimum atomic E-state index is -0.701. The monoisotopic (exact) mass is 271 g/mol. The summed E-state index contributed by atoms with van der Waals surface area (Å²) in [6.07, 6.45) is 3.28. The Labute approximate surface area is 117 Å². The molecule has 5 heteroatoms. The van der Waals surface area contributed by atoms with Gasteiger partial charge in [-0.15, -0.1) is 0 Å². The lowest BCUT2D eigenvalue weighted by Crippen LogP contribution is -2.30. The van der Waals surface area contributed by atoms with Crippen LogP contribution in [0.5, 0.6) is 0 Å². The molecule has 2 amide bonds. The zero-order chi connectivity index (χ0) is 14.4. The number of carbonyl (C=O) groups is 1. The van der Waals surface area contributed by atoms with E-state index >= 15 is 0 Å². The number of carbonyl (C=O) groups excluding carboxylic acids is 1. The largest absolute Gasteiger partial charge is 0.384 e. The van der Waals surface area contributed by atoms with Crippen molar-refractivity contribution in [1.29, 1.82) is 0 Å². The van der Waals surface area contributed by atoms with E-state index in [-0.39, 0.29) is 0 Å². The molecule has 0 saturated heterocycles. The van der Waals surface area contributed by atoms with Gasteiger partial charge in [0, 0.05) is 24.5 Å². The van der Waals surface area contributed by atoms with Gasteiger partial charge in [-0.3, -0.25) is 4.98 Å². The molecule has 0 radical (unpaired) electrons. The maximum absolute atomic E-state index is 10.6. The third-order valence-corrected chi connectivity index (χ3v) is 2.98. The lowest BCUT2D eigenvalue weighted by atomic mass is 10.00. The van der Waals surface area contributed by atoms with Crippen LogP contribution in [-0.4, -0.2) is 22.7 Å². The number of rotatable bonds is 5. The van der Waals surface area contributed by atoms with Crippen LogP contribution in [-0.2, 0) is 6.42 Å². The number of benzene rings is 1. The summed E-state index contributed by atoms with van der Waals surface area (Å²) in [6, 6.07) is 10.7. The first-order valence-corrected chi connectivity index (χ1v) is 6.37. The topological polar surface area (TPSA) is 88.2 Å². The Morgan fingerprint density at radius 1 is 1.30 bits per heavy atom. The van der Waals surface area contributed by atoms with E-state index in [0.29, 0.717) is 13.0 Å². The van der Waals surface area contributed by atoms with E-state index in [0.717, 1.165) is 16.7 Å². The van der Waals surface area contributed by atoms with E-state index in [1.54, 1.807) is 18.5 Å². The number of primary amides is 1. The molecule has 104 valence electrons. The first kappa shape index (κ1) is 14.0. The second-order valence-electron chi connectivity index (χ2n) is 4.47. The van der Waals surface area contributed by atoms with Crippen LogP contribution in [0.4, 0.5) is 4.79 Å². The lowest BCUT2D eigenvalue weighted by Gasteiger charge is -2.12. The quantitative estimate of drug-likeness (QED) is 0.767. The Morgan fingerprint density at radius 2 is 2.10 bits per heavy atom. The van der Waals surface area contributed by atoms with E-state index in [9.17, 15) is 9.90 Å². The molecule has 1 aromatic heterocycles. The highest BCUT2D eigenvalue weighted by molar-refractivity contribution is 5.71. The van der Waals surface area contributed by atoms with E-state index in [1.165, 1.54) is 0 Å². The Hall–Kier alpha value is -2.40. The minimum absolute atomic E-state index is 0.474. The summed E-state index contributed by atoms with van der Waals surface area (Å²) < 4.78 is 0. The van der Waals surface area contributed by atoms with Gasteiger partial charge in [-0.25, -0.2) is 4.79 Å². The normalized spacial score (nSPS) is 11.8. The fourth-order valence-electron chi connectivity index (χ4n) is 1.98. The Balaban J connectivity index is 2.07. The summed E-state index contributed by atoms with van der Waals surface area (Å²) in [7, 11) is 0. The zero-order valence-corrected chi connectivity index (χ0v) is 11.0. The molecule has 2 aromatic rings. The van der Waals surface area contributed by atoms with Gasteiger partial charge in [-0.2, -0.15) is 0 Å². The number of aromatic nitrogens is 1.